The van der Waals surface area contributed by atoms with E-state index in [1.54, 1.807) is 0 Å². The summed E-state index contributed by atoms with van der Waals surface area (Å²) in [4.78, 5) is 0. The van der Waals surface area contributed by atoms with Crippen LogP contribution in [-0.2, 0) is 6.42 Å². The fourth-order valence-electron chi connectivity index (χ4n) is 2.38. The van der Waals surface area contributed by atoms with E-state index in [4.69, 9.17) is 5.73 Å². The van der Waals surface area contributed by atoms with Crippen LogP contribution in [0.1, 0.15) is 36.0 Å². The van der Waals surface area contributed by atoms with E-state index in [1.807, 2.05) is 0 Å². The zero-order valence-electron chi connectivity index (χ0n) is 9.58. The van der Waals surface area contributed by atoms with E-state index < -0.39 is 0 Å². The maximum Gasteiger partial charge on any atom is 0.102 e. The third-order valence-electron chi connectivity index (χ3n) is 3.20. The number of aryl methyl sites for hydroxylation is 1. The summed E-state index contributed by atoms with van der Waals surface area (Å²) in [6.45, 7) is 6.02. The number of aromatic nitrogens is 2. The van der Waals surface area contributed by atoms with Crippen LogP contribution in [0.25, 0.3) is 0 Å². The Morgan fingerprint density at radius 2 is 2.33 bits per heavy atom. The average molecular weight is 208 g/mol. The second-order valence-corrected chi connectivity index (χ2v) is 4.24. The van der Waals surface area contributed by atoms with Gasteiger partial charge in [-0.3, -0.25) is 10.00 Å². The Morgan fingerprint density at radius 3 is 2.93 bits per heavy atom. The van der Waals surface area contributed by atoms with Gasteiger partial charge in [0.2, 0.25) is 0 Å². The van der Waals surface area contributed by atoms with Crippen molar-refractivity contribution >= 4 is 0 Å². The van der Waals surface area contributed by atoms with Gasteiger partial charge in [-0.05, 0) is 51.8 Å². The van der Waals surface area contributed by atoms with Gasteiger partial charge in [-0.15, -0.1) is 0 Å². The number of hydrogen-bond donors (Lipinski definition) is 2. The molecule has 1 aromatic rings. The van der Waals surface area contributed by atoms with E-state index in [9.17, 15) is 0 Å². The van der Waals surface area contributed by atoms with E-state index >= 15 is 0 Å². The predicted octanol–water partition coefficient (Wildman–Crippen LogP) is 0.883. The normalized spacial score (nSPS) is 21.1. The highest BCUT2D eigenvalue weighted by Gasteiger charge is 2.20. The molecule has 0 spiro atoms. The Balaban J connectivity index is 2.27. The van der Waals surface area contributed by atoms with Crippen molar-refractivity contribution in [3.63, 3.8) is 0 Å². The van der Waals surface area contributed by atoms with E-state index in [0.29, 0.717) is 12.7 Å². The number of nitrogens with zero attached hydrogens (tertiary/aromatic N) is 2. The molecule has 1 aromatic heterocycles. The van der Waals surface area contributed by atoms with E-state index in [2.05, 4.69) is 28.9 Å². The lowest BCUT2D eigenvalue weighted by Crippen LogP contribution is -2.22. The van der Waals surface area contributed by atoms with Gasteiger partial charge in [0, 0.05) is 5.69 Å². The Bertz CT molecular complexity index is 337. The van der Waals surface area contributed by atoms with E-state index in [1.165, 1.54) is 24.1 Å². The maximum absolute atomic E-state index is 5.61. The summed E-state index contributed by atoms with van der Waals surface area (Å²) in [6.07, 6.45) is 3.76. The van der Waals surface area contributed by atoms with Crippen molar-refractivity contribution in [2.24, 2.45) is 5.73 Å². The summed E-state index contributed by atoms with van der Waals surface area (Å²) in [5, 5.41) is 8.07. The van der Waals surface area contributed by atoms with Crippen LogP contribution in [-0.4, -0.2) is 22.9 Å². The summed E-state index contributed by atoms with van der Waals surface area (Å²) in [6, 6.07) is 0. The highest BCUT2D eigenvalue weighted by atomic mass is 15.4. The van der Waals surface area contributed by atoms with Crippen LogP contribution in [0.4, 0.5) is 0 Å². The molecule has 0 amide bonds. The Kier molecular flexibility index (Phi) is 3.07. The number of nitrogens with two attached hydrogens (primary N) is 1. The minimum atomic E-state index is 0.398. The molecule has 0 aliphatic carbocycles. The molecule has 2 heterocycles. The molecule has 84 valence electrons. The van der Waals surface area contributed by atoms with Crippen molar-refractivity contribution in [2.75, 3.05) is 13.1 Å². The van der Waals surface area contributed by atoms with E-state index in [0.717, 1.165) is 18.7 Å². The highest BCUT2D eigenvalue weighted by molar-refractivity contribution is 5.25. The monoisotopic (exact) mass is 208 g/mol. The van der Waals surface area contributed by atoms with Gasteiger partial charge in [-0.25, -0.2) is 0 Å². The van der Waals surface area contributed by atoms with Gasteiger partial charge < -0.3 is 5.73 Å². The average Bonchev–Trinajstić information content (AvgIpc) is 2.81. The highest BCUT2D eigenvalue weighted by Crippen LogP contribution is 2.21. The molecule has 0 radical (unpaired) electrons. The predicted molar refractivity (Wildman–Crippen MR) is 60.7 cm³/mol. The molecular formula is C11H20N4. The van der Waals surface area contributed by atoms with Gasteiger partial charge in [0.1, 0.15) is 6.17 Å². The van der Waals surface area contributed by atoms with Crippen LogP contribution in [0.2, 0.25) is 0 Å². The molecule has 1 fully saturated rings. The summed E-state index contributed by atoms with van der Waals surface area (Å²) < 4.78 is 2.13. The molecule has 3 N–H and O–H groups in total. The number of rotatable bonds is 3. The molecule has 15 heavy (non-hydrogen) atoms. The molecular weight excluding hydrogens is 188 g/mol. The van der Waals surface area contributed by atoms with Crippen LogP contribution in [0.15, 0.2) is 0 Å². The van der Waals surface area contributed by atoms with Crippen molar-refractivity contribution in [3.8, 4) is 0 Å². The van der Waals surface area contributed by atoms with Crippen molar-refractivity contribution in [1.82, 2.24) is 15.1 Å². The lowest BCUT2D eigenvalue weighted by molar-refractivity contribution is 0.414. The third kappa shape index (κ3) is 1.92. The summed E-state index contributed by atoms with van der Waals surface area (Å²) in [5.41, 5.74) is 9.34. The minimum absolute atomic E-state index is 0.398. The quantitative estimate of drug-likeness (QED) is 0.775. The molecule has 0 bridgehead atoms. The molecule has 1 unspecified atom stereocenters. The fraction of sp³-hybridized carbons (Fsp3) is 0.727. The molecule has 0 saturated carbocycles. The fourth-order valence-corrected chi connectivity index (χ4v) is 2.38. The summed E-state index contributed by atoms with van der Waals surface area (Å²) >= 11 is 0. The number of nitrogens with one attached hydrogen (secondary N) is 1. The molecule has 4 heteroatoms. The van der Waals surface area contributed by atoms with E-state index in [-0.39, 0.29) is 0 Å². The Labute approximate surface area is 90.8 Å². The first-order chi connectivity index (χ1) is 7.24. The summed E-state index contributed by atoms with van der Waals surface area (Å²) in [5.74, 6) is 0. The van der Waals surface area contributed by atoms with Gasteiger partial charge >= 0.3 is 0 Å². The second kappa shape index (κ2) is 4.33. The van der Waals surface area contributed by atoms with Crippen molar-refractivity contribution in [1.29, 1.82) is 0 Å². The summed E-state index contributed by atoms with van der Waals surface area (Å²) in [7, 11) is 0. The lowest BCUT2D eigenvalue weighted by atomic mass is 10.1. The molecule has 1 aliphatic heterocycles. The second-order valence-electron chi connectivity index (χ2n) is 4.24. The van der Waals surface area contributed by atoms with Gasteiger partial charge in [0.15, 0.2) is 0 Å². The third-order valence-corrected chi connectivity index (χ3v) is 3.20. The maximum atomic E-state index is 5.61. The first-order valence-corrected chi connectivity index (χ1v) is 5.72. The minimum Gasteiger partial charge on any atom is -0.330 e. The topological polar surface area (TPSA) is 55.9 Å². The SMILES string of the molecule is Cc1nn(C2CCCN2)c(C)c1CCN. The Morgan fingerprint density at radius 1 is 1.53 bits per heavy atom. The van der Waals surface area contributed by atoms with Crippen LogP contribution in [0.3, 0.4) is 0 Å². The molecule has 1 atom stereocenters. The molecule has 2 rings (SSSR count). The van der Waals surface area contributed by atoms with Gasteiger partial charge in [0.05, 0.1) is 5.69 Å². The largest absolute Gasteiger partial charge is 0.330 e. The lowest BCUT2D eigenvalue weighted by Gasteiger charge is -2.13. The molecule has 4 nitrogen and oxygen atoms in total. The first-order valence-electron chi connectivity index (χ1n) is 5.72. The zero-order valence-corrected chi connectivity index (χ0v) is 9.58. The van der Waals surface area contributed by atoms with Crippen molar-refractivity contribution < 1.29 is 0 Å². The molecule has 1 saturated heterocycles. The zero-order chi connectivity index (χ0) is 10.8. The van der Waals surface area contributed by atoms with Gasteiger partial charge in [-0.1, -0.05) is 0 Å². The molecule has 1 aliphatic rings. The van der Waals surface area contributed by atoms with Crippen molar-refractivity contribution in [3.05, 3.63) is 17.0 Å². The van der Waals surface area contributed by atoms with Gasteiger partial charge in [0.25, 0.3) is 0 Å². The first kappa shape index (κ1) is 10.6. The van der Waals surface area contributed by atoms with Crippen LogP contribution in [0, 0.1) is 13.8 Å². The van der Waals surface area contributed by atoms with Gasteiger partial charge in [-0.2, -0.15) is 5.10 Å². The van der Waals surface area contributed by atoms with Crippen LogP contribution >= 0.6 is 0 Å². The van der Waals surface area contributed by atoms with Crippen LogP contribution in [0.5, 0.6) is 0 Å². The van der Waals surface area contributed by atoms with Crippen molar-refractivity contribution in [2.45, 2.75) is 39.3 Å². The standard InChI is InChI=1S/C11H20N4/c1-8-10(5-6-12)9(2)15(14-8)11-4-3-7-13-11/h11,13H,3-7,12H2,1-2H3. The molecule has 0 aromatic carbocycles. The Hall–Kier alpha value is -0.870. The number of hydrogen-bond acceptors (Lipinski definition) is 3. The van der Waals surface area contributed by atoms with Crippen LogP contribution < -0.4 is 11.1 Å². The smallest absolute Gasteiger partial charge is 0.102 e.